The lowest BCUT2D eigenvalue weighted by atomic mass is 10.1. The zero-order valence-electron chi connectivity index (χ0n) is 10.5. The molecule has 0 saturated heterocycles. The third kappa shape index (κ3) is 7.92. The monoisotopic (exact) mass is 256 g/mol. The molecule has 1 aromatic rings. The van der Waals surface area contributed by atoms with Crippen LogP contribution in [0.15, 0.2) is 30.8 Å². The highest BCUT2D eigenvalue weighted by Crippen LogP contribution is 2.20. The molecule has 3 nitrogen and oxygen atoms in total. The molecule has 1 unspecified atom stereocenters. The van der Waals surface area contributed by atoms with Gasteiger partial charge in [-0.25, -0.2) is 0 Å². The van der Waals surface area contributed by atoms with E-state index in [0.717, 1.165) is 11.1 Å². The summed E-state index contributed by atoms with van der Waals surface area (Å²) in [7, 11) is -2.84. The molecule has 1 N–H and O–H groups in total. The van der Waals surface area contributed by atoms with Crippen molar-refractivity contribution >= 4 is 14.3 Å². The number of rotatable bonds is 5. The van der Waals surface area contributed by atoms with Crippen LogP contribution in [0.3, 0.4) is 0 Å². The summed E-state index contributed by atoms with van der Waals surface area (Å²) in [6.07, 6.45) is 4.33. The van der Waals surface area contributed by atoms with Gasteiger partial charge in [0.05, 0.1) is 6.61 Å². The highest BCUT2D eigenvalue weighted by atomic mass is 31.1. The van der Waals surface area contributed by atoms with Crippen molar-refractivity contribution in [2.24, 2.45) is 0 Å². The highest BCUT2D eigenvalue weighted by Gasteiger charge is 1.99. The molecule has 1 atom stereocenters. The Morgan fingerprint density at radius 2 is 1.94 bits per heavy atom. The Balaban J connectivity index is 0.000000557. The molecule has 0 saturated carbocycles. The van der Waals surface area contributed by atoms with Crippen LogP contribution in [-0.4, -0.2) is 4.89 Å². The Bertz CT molecular complexity index is 348. The Labute approximate surface area is 104 Å². The lowest BCUT2D eigenvalue weighted by molar-refractivity contribution is 0.272. The van der Waals surface area contributed by atoms with Crippen molar-refractivity contribution in [1.29, 1.82) is 0 Å². The molecule has 0 spiro atoms. The van der Waals surface area contributed by atoms with Crippen LogP contribution in [0.2, 0.25) is 0 Å². The van der Waals surface area contributed by atoms with Crippen LogP contribution >= 0.6 is 8.25 Å². The highest BCUT2D eigenvalue weighted by molar-refractivity contribution is 7.32. The number of hydrogen-bond donors (Lipinski definition) is 1. The third-order valence-corrected chi connectivity index (χ3v) is 2.52. The maximum absolute atomic E-state index is 10.3. The molecule has 0 aromatic heterocycles. The molecule has 0 heterocycles. The predicted octanol–water partition coefficient (Wildman–Crippen LogP) is 4.03. The van der Waals surface area contributed by atoms with Gasteiger partial charge in [0.25, 0.3) is 0 Å². The van der Waals surface area contributed by atoms with Gasteiger partial charge in [-0.3, -0.25) is 4.57 Å². The largest absolute Gasteiger partial charge is 0.326 e. The molecule has 96 valence electrons. The summed E-state index contributed by atoms with van der Waals surface area (Å²) in [5.41, 5.74) is 1.79. The summed E-state index contributed by atoms with van der Waals surface area (Å²) in [5.74, 6) is 0. The predicted molar refractivity (Wildman–Crippen MR) is 73.1 cm³/mol. The molecule has 0 aliphatic carbocycles. The average molecular weight is 256 g/mol. The van der Waals surface area contributed by atoms with Crippen molar-refractivity contribution in [2.75, 3.05) is 0 Å². The van der Waals surface area contributed by atoms with Crippen molar-refractivity contribution in [3.05, 3.63) is 42.0 Å². The maximum atomic E-state index is 10.3. The van der Waals surface area contributed by atoms with Gasteiger partial charge in [0.1, 0.15) is 0 Å². The molecule has 1 rings (SSSR count). The second kappa shape index (κ2) is 10.3. The van der Waals surface area contributed by atoms with Gasteiger partial charge >= 0.3 is 8.25 Å². The molecule has 17 heavy (non-hydrogen) atoms. The topological polar surface area (TPSA) is 46.5 Å². The first kappa shape index (κ1) is 16.1. The second-order valence-corrected chi connectivity index (χ2v) is 4.28. The lowest BCUT2D eigenvalue weighted by Crippen LogP contribution is -1.89. The van der Waals surface area contributed by atoms with E-state index in [1.54, 1.807) is 6.08 Å². The fourth-order valence-corrected chi connectivity index (χ4v) is 1.28. The van der Waals surface area contributed by atoms with Crippen LogP contribution in [0.25, 0.3) is 6.08 Å². The van der Waals surface area contributed by atoms with Crippen LogP contribution in [0.1, 0.15) is 37.8 Å². The molecule has 0 fully saturated rings. The molecule has 4 heteroatoms. The SMILES string of the molecule is C=Cc1ccccc1CO[PH](=O)O.CCCC. The summed E-state index contributed by atoms with van der Waals surface area (Å²) in [6.45, 7) is 8.14. The standard InChI is InChI=1S/C9H11O3P.C4H10/c1-2-8-5-3-4-6-9(8)7-12-13(10)11;1-3-4-2/h2-6,13H,1,7H2,(H,10,11);3-4H2,1-2H3. The molecular formula is C13H21O3P. The molecule has 0 amide bonds. The summed E-state index contributed by atoms with van der Waals surface area (Å²) < 4.78 is 14.9. The van der Waals surface area contributed by atoms with E-state index in [1.165, 1.54) is 12.8 Å². The minimum Gasteiger partial charge on any atom is -0.326 e. The van der Waals surface area contributed by atoms with Crippen LogP contribution in [0, 0.1) is 0 Å². The fourth-order valence-electron chi connectivity index (χ4n) is 1.00. The van der Waals surface area contributed by atoms with Gasteiger partial charge in [0.15, 0.2) is 0 Å². The first-order valence-corrected chi connectivity index (χ1v) is 6.98. The first-order chi connectivity index (χ1) is 8.15. The van der Waals surface area contributed by atoms with E-state index < -0.39 is 8.25 Å². The Morgan fingerprint density at radius 3 is 2.41 bits per heavy atom. The van der Waals surface area contributed by atoms with Gasteiger partial charge in [-0.2, -0.15) is 0 Å². The molecule has 1 aromatic carbocycles. The van der Waals surface area contributed by atoms with E-state index in [1.807, 2.05) is 24.3 Å². The van der Waals surface area contributed by atoms with E-state index in [2.05, 4.69) is 25.0 Å². The van der Waals surface area contributed by atoms with Gasteiger partial charge in [0, 0.05) is 0 Å². The quantitative estimate of drug-likeness (QED) is 0.809. The Morgan fingerprint density at radius 1 is 1.35 bits per heavy atom. The van der Waals surface area contributed by atoms with Crippen molar-refractivity contribution in [2.45, 2.75) is 33.3 Å². The van der Waals surface area contributed by atoms with E-state index >= 15 is 0 Å². The van der Waals surface area contributed by atoms with Crippen molar-refractivity contribution in [3.8, 4) is 0 Å². The van der Waals surface area contributed by atoms with Crippen LogP contribution in [0.4, 0.5) is 0 Å². The summed E-state index contributed by atoms with van der Waals surface area (Å²) in [5, 5.41) is 0. The van der Waals surface area contributed by atoms with Crippen molar-refractivity contribution in [1.82, 2.24) is 0 Å². The number of unbranched alkanes of at least 4 members (excludes halogenated alkanes) is 1. The van der Waals surface area contributed by atoms with Gasteiger partial charge < -0.3 is 9.42 Å². The minimum atomic E-state index is -2.84. The van der Waals surface area contributed by atoms with Crippen molar-refractivity contribution in [3.63, 3.8) is 0 Å². The molecule has 0 aliphatic rings. The summed E-state index contributed by atoms with van der Waals surface area (Å²) in [4.78, 5) is 8.48. The normalized spacial score (nSPS) is 11.2. The van der Waals surface area contributed by atoms with E-state index in [4.69, 9.17) is 4.89 Å². The van der Waals surface area contributed by atoms with Gasteiger partial charge in [-0.05, 0) is 11.1 Å². The first-order valence-electron chi connectivity index (χ1n) is 5.71. The smallest absolute Gasteiger partial charge is 0.316 e. The molecule has 0 bridgehead atoms. The third-order valence-electron chi connectivity index (χ3n) is 2.13. The Hall–Kier alpha value is -0.890. The van der Waals surface area contributed by atoms with Crippen molar-refractivity contribution < 1.29 is 14.0 Å². The second-order valence-electron chi connectivity index (χ2n) is 3.46. The number of hydrogen-bond acceptors (Lipinski definition) is 2. The zero-order valence-corrected chi connectivity index (χ0v) is 11.5. The molecule has 0 radical (unpaired) electrons. The van der Waals surface area contributed by atoms with Gasteiger partial charge in [-0.1, -0.05) is 63.6 Å². The fraction of sp³-hybridized carbons (Fsp3) is 0.385. The summed E-state index contributed by atoms with van der Waals surface area (Å²) in [6, 6.07) is 7.44. The maximum Gasteiger partial charge on any atom is 0.316 e. The average Bonchev–Trinajstić information content (AvgIpc) is 2.37. The minimum absolute atomic E-state index is 0.149. The van der Waals surface area contributed by atoms with E-state index in [9.17, 15) is 4.57 Å². The Kier molecular flexibility index (Phi) is 9.74. The van der Waals surface area contributed by atoms with Crippen LogP contribution in [-0.2, 0) is 15.7 Å². The molecule has 0 aliphatic heterocycles. The van der Waals surface area contributed by atoms with Gasteiger partial charge in [0.2, 0.25) is 0 Å². The molecular weight excluding hydrogens is 235 g/mol. The van der Waals surface area contributed by atoms with Crippen LogP contribution < -0.4 is 0 Å². The van der Waals surface area contributed by atoms with Gasteiger partial charge in [-0.15, -0.1) is 0 Å². The van der Waals surface area contributed by atoms with E-state index in [-0.39, 0.29) is 6.61 Å². The lowest BCUT2D eigenvalue weighted by Gasteiger charge is -2.04. The van der Waals surface area contributed by atoms with E-state index in [0.29, 0.717) is 0 Å². The zero-order chi connectivity index (χ0) is 13.1. The summed E-state index contributed by atoms with van der Waals surface area (Å²) >= 11 is 0. The number of benzene rings is 1. The van der Waals surface area contributed by atoms with Crippen LogP contribution in [0.5, 0.6) is 0 Å².